The lowest BCUT2D eigenvalue weighted by atomic mass is 9.95. The largest absolute Gasteiger partial charge is 0.338 e. The van der Waals surface area contributed by atoms with Crippen LogP contribution in [0.25, 0.3) is 0 Å². The van der Waals surface area contributed by atoms with Crippen LogP contribution >= 0.6 is 0 Å². The molecule has 0 atom stereocenters. The zero-order valence-corrected chi connectivity index (χ0v) is 19.7. The lowest BCUT2D eigenvalue weighted by Gasteiger charge is -2.35. The first-order valence-corrected chi connectivity index (χ1v) is 12.1. The van der Waals surface area contributed by atoms with Gasteiger partial charge in [-0.05, 0) is 73.5 Å². The average molecular weight is 442 g/mol. The number of carbonyl (C=O) groups is 1. The van der Waals surface area contributed by atoms with Crippen molar-refractivity contribution in [1.29, 1.82) is 0 Å². The Balaban J connectivity index is 1.33. The molecule has 0 spiro atoms. The van der Waals surface area contributed by atoms with Gasteiger partial charge in [-0.15, -0.1) is 0 Å². The van der Waals surface area contributed by atoms with Crippen LogP contribution < -0.4 is 0 Å². The van der Waals surface area contributed by atoms with Crippen LogP contribution in [0, 0.1) is 12.8 Å². The second-order valence-corrected chi connectivity index (χ2v) is 9.27. The second-order valence-electron chi connectivity index (χ2n) is 9.27. The second kappa shape index (κ2) is 11.8. The van der Waals surface area contributed by atoms with Gasteiger partial charge in [0.2, 0.25) is 5.91 Å². The number of nitrogens with zero attached hydrogens (tertiary/aromatic N) is 3. The Kier molecular flexibility index (Phi) is 8.26. The molecular weight excluding hydrogens is 406 g/mol. The molecule has 0 bridgehead atoms. The topological polar surface area (TPSA) is 36.4 Å². The van der Waals surface area contributed by atoms with E-state index < -0.39 is 0 Å². The molecule has 1 saturated heterocycles. The van der Waals surface area contributed by atoms with E-state index in [0.717, 1.165) is 51.0 Å². The van der Waals surface area contributed by atoms with E-state index in [1.54, 1.807) is 6.20 Å². The number of aromatic nitrogens is 1. The number of carbonyl (C=O) groups excluding carboxylic acids is 1. The van der Waals surface area contributed by atoms with Crippen LogP contribution in [0.15, 0.2) is 79.1 Å². The molecule has 2 heterocycles. The summed E-state index contributed by atoms with van der Waals surface area (Å²) in [5.41, 5.74) is 5.11. The van der Waals surface area contributed by atoms with Gasteiger partial charge in [-0.2, -0.15) is 0 Å². The molecule has 0 N–H and O–H groups in total. The molecule has 3 aromatic rings. The van der Waals surface area contributed by atoms with Gasteiger partial charge in [0.15, 0.2) is 0 Å². The summed E-state index contributed by atoms with van der Waals surface area (Å²) in [6.07, 6.45) is 7.29. The van der Waals surface area contributed by atoms with Gasteiger partial charge < -0.3 is 4.90 Å². The first-order chi connectivity index (χ1) is 16.2. The third-order valence-corrected chi connectivity index (χ3v) is 6.76. The zero-order chi connectivity index (χ0) is 22.9. The van der Waals surface area contributed by atoms with Crippen LogP contribution in [0.2, 0.25) is 0 Å². The number of hydrogen-bond donors (Lipinski definition) is 0. The molecule has 1 aliphatic heterocycles. The molecule has 2 aromatic carbocycles. The molecule has 1 amide bonds. The maximum Gasteiger partial charge on any atom is 0.223 e. The summed E-state index contributed by atoms with van der Waals surface area (Å²) >= 11 is 0. The van der Waals surface area contributed by atoms with Crippen LogP contribution in [0.4, 0.5) is 0 Å². The quantitative estimate of drug-likeness (QED) is 0.454. The van der Waals surface area contributed by atoms with Gasteiger partial charge in [0.25, 0.3) is 0 Å². The minimum Gasteiger partial charge on any atom is -0.338 e. The Hall–Kier alpha value is -2.98. The lowest BCUT2D eigenvalue weighted by Crippen LogP contribution is -2.40. The smallest absolute Gasteiger partial charge is 0.223 e. The molecule has 1 fully saturated rings. The highest BCUT2D eigenvalue weighted by molar-refractivity contribution is 5.76. The fourth-order valence-corrected chi connectivity index (χ4v) is 4.69. The molecule has 0 radical (unpaired) electrons. The van der Waals surface area contributed by atoms with Gasteiger partial charge in [-0.1, -0.05) is 60.7 Å². The average Bonchev–Trinajstić information content (AvgIpc) is 2.86. The Morgan fingerprint density at radius 2 is 1.70 bits per heavy atom. The first-order valence-electron chi connectivity index (χ1n) is 12.1. The SMILES string of the molecule is Cc1ccccc1CN1CCC(CN(Cc2cccnc2)C(=O)CCc2ccccc2)CC1. The predicted octanol–water partition coefficient (Wildman–Crippen LogP) is 5.26. The van der Waals surface area contributed by atoms with Gasteiger partial charge in [0.1, 0.15) is 0 Å². The minimum atomic E-state index is 0.241. The Morgan fingerprint density at radius 1 is 0.970 bits per heavy atom. The summed E-state index contributed by atoms with van der Waals surface area (Å²) in [5.74, 6) is 0.792. The standard InChI is InChI=1S/C29H35N3O/c1-24-8-5-6-12-28(24)23-31-18-15-26(16-19-31)21-32(22-27-11-7-17-30-20-27)29(33)14-13-25-9-3-2-4-10-25/h2-12,17,20,26H,13-16,18-19,21-23H2,1H3. The Morgan fingerprint density at radius 3 is 2.42 bits per heavy atom. The van der Waals surface area contributed by atoms with Crippen LogP contribution in [0.1, 0.15) is 41.5 Å². The summed E-state index contributed by atoms with van der Waals surface area (Å²) in [6, 6.07) is 23.0. The highest BCUT2D eigenvalue weighted by Crippen LogP contribution is 2.22. The van der Waals surface area contributed by atoms with E-state index in [1.807, 2.05) is 30.5 Å². The molecule has 0 saturated carbocycles. The normalized spacial score (nSPS) is 14.8. The molecule has 1 aromatic heterocycles. The number of aryl methyl sites for hydroxylation is 2. The molecule has 0 aliphatic carbocycles. The predicted molar refractivity (Wildman–Crippen MR) is 134 cm³/mol. The van der Waals surface area contributed by atoms with Crippen molar-refractivity contribution in [2.75, 3.05) is 19.6 Å². The van der Waals surface area contributed by atoms with Crippen LogP contribution in [-0.2, 0) is 24.3 Å². The number of amides is 1. The van der Waals surface area contributed by atoms with Crippen molar-refractivity contribution in [3.05, 3.63) is 101 Å². The molecule has 172 valence electrons. The molecular formula is C29H35N3O. The fraction of sp³-hybridized carbons (Fsp3) is 0.379. The summed E-state index contributed by atoms with van der Waals surface area (Å²) in [7, 11) is 0. The first kappa shape index (κ1) is 23.2. The molecule has 0 unspecified atom stereocenters. The summed E-state index contributed by atoms with van der Waals surface area (Å²) in [6.45, 7) is 6.88. The summed E-state index contributed by atoms with van der Waals surface area (Å²) in [4.78, 5) is 22.1. The Bertz CT molecular complexity index is 998. The Labute approximate surface area is 198 Å². The van der Waals surface area contributed by atoms with E-state index in [0.29, 0.717) is 18.9 Å². The van der Waals surface area contributed by atoms with E-state index >= 15 is 0 Å². The van der Waals surface area contributed by atoms with Crippen molar-refractivity contribution < 1.29 is 4.79 Å². The number of benzene rings is 2. The number of hydrogen-bond acceptors (Lipinski definition) is 3. The number of piperidine rings is 1. The number of rotatable bonds is 9. The van der Waals surface area contributed by atoms with Crippen LogP contribution in [-0.4, -0.2) is 40.3 Å². The van der Waals surface area contributed by atoms with Crippen molar-refractivity contribution in [3.8, 4) is 0 Å². The summed E-state index contributed by atoms with van der Waals surface area (Å²) < 4.78 is 0. The van der Waals surface area contributed by atoms with E-state index in [4.69, 9.17) is 0 Å². The van der Waals surface area contributed by atoms with Crippen molar-refractivity contribution in [2.45, 2.75) is 45.7 Å². The zero-order valence-electron chi connectivity index (χ0n) is 19.7. The molecule has 4 nitrogen and oxygen atoms in total. The maximum atomic E-state index is 13.2. The fourth-order valence-electron chi connectivity index (χ4n) is 4.69. The molecule has 33 heavy (non-hydrogen) atoms. The van der Waals surface area contributed by atoms with E-state index in [9.17, 15) is 4.79 Å². The van der Waals surface area contributed by atoms with Gasteiger partial charge in [-0.25, -0.2) is 0 Å². The van der Waals surface area contributed by atoms with Crippen molar-refractivity contribution in [2.24, 2.45) is 5.92 Å². The van der Waals surface area contributed by atoms with E-state index in [-0.39, 0.29) is 5.91 Å². The van der Waals surface area contributed by atoms with Gasteiger partial charge >= 0.3 is 0 Å². The number of likely N-dealkylation sites (tertiary alicyclic amines) is 1. The highest BCUT2D eigenvalue weighted by Gasteiger charge is 2.24. The molecule has 4 heteroatoms. The summed E-state index contributed by atoms with van der Waals surface area (Å²) in [5, 5.41) is 0. The minimum absolute atomic E-state index is 0.241. The van der Waals surface area contributed by atoms with Crippen molar-refractivity contribution in [1.82, 2.24) is 14.8 Å². The van der Waals surface area contributed by atoms with Crippen LogP contribution in [0.3, 0.4) is 0 Å². The van der Waals surface area contributed by atoms with Gasteiger partial charge in [0.05, 0.1) is 0 Å². The van der Waals surface area contributed by atoms with Crippen molar-refractivity contribution >= 4 is 5.91 Å². The van der Waals surface area contributed by atoms with E-state index in [2.05, 4.69) is 64.2 Å². The maximum absolute atomic E-state index is 13.2. The highest BCUT2D eigenvalue weighted by atomic mass is 16.2. The molecule has 1 aliphatic rings. The third kappa shape index (κ3) is 7.00. The number of pyridine rings is 1. The monoisotopic (exact) mass is 441 g/mol. The van der Waals surface area contributed by atoms with Gasteiger partial charge in [-0.3, -0.25) is 14.7 Å². The van der Waals surface area contributed by atoms with Crippen LogP contribution in [0.5, 0.6) is 0 Å². The molecule has 4 rings (SSSR count). The third-order valence-electron chi connectivity index (χ3n) is 6.76. The van der Waals surface area contributed by atoms with Gasteiger partial charge in [0, 0.05) is 38.4 Å². The van der Waals surface area contributed by atoms with Crippen molar-refractivity contribution in [3.63, 3.8) is 0 Å². The lowest BCUT2D eigenvalue weighted by molar-refractivity contribution is -0.132. The van der Waals surface area contributed by atoms with E-state index in [1.165, 1.54) is 16.7 Å².